The largest absolute Gasteiger partial charge is 0.327 e. The van der Waals surface area contributed by atoms with Crippen molar-refractivity contribution in [3.63, 3.8) is 0 Å². The number of nitrogens with two attached hydrogens (primary N) is 1. The molecule has 1 nitrogen and oxygen atoms in total. The summed E-state index contributed by atoms with van der Waals surface area (Å²) in [7, 11) is 0. The lowest BCUT2D eigenvalue weighted by atomic mass is 9.66. The summed E-state index contributed by atoms with van der Waals surface area (Å²) in [5, 5.41) is 0. The van der Waals surface area contributed by atoms with Crippen molar-refractivity contribution in [3.8, 4) is 0 Å². The van der Waals surface area contributed by atoms with Crippen molar-refractivity contribution in [2.75, 3.05) is 0 Å². The molecule has 0 bridgehead atoms. The predicted octanol–water partition coefficient (Wildman–Crippen LogP) is 4.25. The maximum atomic E-state index is 6.50. The van der Waals surface area contributed by atoms with Crippen molar-refractivity contribution < 1.29 is 0 Å². The summed E-state index contributed by atoms with van der Waals surface area (Å²) in [6.45, 7) is 2.50. The zero-order valence-electron chi connectivity index (χ0n) is 11.0. The van der Waals surface area contributed by atoms with Crippen LogP contribution in [0.3, 0.4) is 0 Å². The van der Waals surface area contributed by atoms with E-state index in [1.165, 1.54) is 70.6 Å². The maximum absolute atomic E-state index is 6.50. The molecule has 2 unspecified atom stereocenters. The van der Waals surface area contributed by atoms with Gasteiger partial charge >= 0.3 is 0 Å². The van der Waals surface area contributed by atoms with E-state index in [0.717, 1.165) is 5.92 Å². The van der Waals surface area contributed by atoms with Gasteiger partial charge in [-0.15, -0.1) is 0 Å². The van der Waals surface area contributed by atoms with E-state index in [0.29, 0.717) is 11.5 Å². The number of rotatable bonds is 1. The van der Waals surface area contributed by atoms with E-state index >= 15 is 0 Å². The van der Waals surface area contributed by atoms with Crippen molar-refractivity contribution in [2.24, 2.45) is 17.1 Å². The van der Waals surface area contributed by atoms with Crippen LogP contribution in [-0.2, 0) is 0 Å². The normalized spacial score (nSPS) is 39.0. The van der Waals surface area contributed by atoms with Crippen LogP contribution >= 0.6 is 0 Å². The van der Waals surface area contributed by atoms with E-state index in [1.54, 1.807) is 0 Å². The summed E-state index contributed by atoms with van der Waals surface area (Å²) in [6.07, 6.45) is 15.6. The molecule has 2 rings (SSSR count). The smallest absolute Gasteiger partial charge is 0.00955 e. The van der Waals surface area contributed by atoms with Gasteiger partial charge in [-0.2, -0.15) is 0 Å². The minimum absolute atomic E-state index is 0.459. The highest BCUT2D eigenvalue weighted by Gasteiger charge is 2.39. The molecule has 2 fully saturated rings. The van der Waals surface area contributed by atoms with Crippen molar-refractivity contribution in [1.82, 2.24) is 0 Å². The van der Waals surface area contributed by atoms with Gasteiger partial charge in [-0.05, 0) is 37.0 Å². The molecule has 0 radical (unpaired) electrons. The van der Waals surface area contributed by atoms with E-state index in [9.17, 15) is 0 Å². The third-order valence-electron chi connectivity index (χ3n) is 5.37. The Bertz CT molecular complexity index is 205. The average Bonchev–Trinajstić information content (AvgIpc) is 2.63. The summed E-state index contributed by atoms with van der Waals surface area (Å²) in [5.74, 6) is 0.920. The SMILES string of the molecule is CC1(C2CCCCCC2)CCCCCC1N. The Morgan fingerprint density at radius 1 is 0.812 bits per heavy atom. The van der Waals surface area contributed by atoms with Gasteiger partial charge in [0.25, 0.3) is 0 Å². The van der Waals surface area contributed by atoms with Crippen LogP contribution in [0.4, 0.5) is 0 Å². The minimum Gasteiger partial charge on any atom is -0.327 e. The zero-order chi connectivity index (χ0) is 11.4. The second-order valence-corrected chi connectivity index (χ2v) is 6.40. The fraction of sp³-hybridized carbons (Fsp3) is 1.00. The molecular weight excluding hydrogens is 194 g/mol. The molecule has 16 heavy (non-hydrogen) atoms. The van der Waals surface area contributed by atoms with Crippen LogP contribution in [0.5, 0.6) is 0 Å². The third kappa shape index (κ3) is 2.61. The van der Waals surface area contributed by atoms with Crippen LogP contribution in [0.1, 0.15) is 77.6 Å². The van der Waals surface area contributed by atoms with Crippen LogP contribution in [0.25, 0.3) is 0 Å². The van der Waals surface area contributed by atoms with Crippen LogP contribution < -0.4 is 5.73 Å². The van der Waals surface area contributed by atoms with E-state index in [-0.39, 0.29) is 0 Å². The average molecular weight is 223 g/mol. The van der Waals surface area contributed by atoms with E-state index in [2.05, 4.69) is 6.92 Å². The molecule has 0 heterocycles. The third-order valence-corrected chi connectivity index (χ3v) is 5.37. The van der Waals surface area contributed by atoms with Crippen LogP contribution in [0.15, 0.2) is 0 Å². The highest BCUT2D eigenvalue weighted by molar-refractivity contribution is 4.93. The second-order valence-electron chi connectivity index (χ2n) is 6.40. The molecule has 0 aromatic rings. The first-order valence-corrected chi connectivity index (χ1v) is 7.49. The van der Waals surface area contributed by atoms with Crippen LogP contribution in [-0.4, -0.2) is 6.04 Å². The van der Waals surface area contributed by atoms with Gasteiger partial charge in [-0.3, -0.25) is 0 Å². The fourth-order valence-corrected chi connectivity index (χ4v) is 4.01. The van der Waals surface area contributed by atoms with Gasteiger partial charge in [-0.25, -0.2) is 0 Å². The Hall–Kier alpha value is -0.0400. The van der Waals surface area contributed by atoms with Crippen molar-refractivity contribution in [1.29, 1.82) is 0 Å². The van der Waals surface area contributed by atoms with Gasteiger partial charge in [0, 0.05) is 6.04 Å². The molecule has 0 aromatic carbocycles. The Labute approximate surface area is 101 Å². The molecule has 2 aliphatic rings. The number of hydrogen-bond acceptors (Lipinski definition) is 1. The second kappa shape index (κ2) is 5.53. The van der Waals surface area contributed by atoms with Crippen molar-refractivity contribution in [2.45, 2.75) is 83.6 Å². The molecule has 0 spiro atoms. The standard InChI is InChI=1S/C15H29N/c1-15(12-8-4-7-11-14(15)16)13-9-5-2-3-6-10-13/h13-14H,2-12,16H2,1H3. The summed E-state index contributed by atoms with van der Waals surface area (Å²) in [4.78, 5) is 0. The van der Waals surface area contributed by atoms with Gasteiger partial charge in [0.1, 0.15) is 0 Å². The summed E-state index contributed by atoms with van der Waals surface area (Å²) in [6, 6.07) is 0.470. The lowest BCUT2D eigenvalue weighted by Gasteiger charge is -2.41. The van der Waals surface area contributed by atoms with E-state index < -0.39 is 0 Å². The lowest BCUT2D eigenvalue weighted by Crippen LogP contribution is -2.44. The molecular formula is C15H29N. The molecule has 2 N–H and O–H groups in total. The highest BCUT2D eigenvalue weighted by Crippen LogP contribution is 2.45. The molecule has 0 saturated heterocycles. The first-order valence-electron chi connectivity index (χ1n) is 7.49. The molecule has 1 heteroatoms. The summed E-state index contributed by atoms with van der Waals surface area (Å²) >= 11 is 0. The van der Waals surface area contributed by atoms with Crippen molar-refractivity contribution in [3.05, 3.63) is 0 Å². The minimum atomic E-state index is 0.459. The van der Waals surface area contributed by atoms with E-state index in [1.807, 2.05) is 0 Å². The Balaban J connectivity index is 2.06. The lowest BCUT2D eigenvalue weighted by molar-refractivity contribution is 0.113. The summed E-state index contributed by atoms with van der Waals surface area (Å²) in [5.41, 5.74) is 6.95. The van der Waals surface area contributed by atoms with Gasteiger partial charge in [-0.1, -0.05) is 51.9 Å². The molecule has 94 valence electrons. The Kier molecular flexibility index (Phi) is 4.29. The first kappa shape index (κ1) is 12.4. The topological polar surface area (TPSA) is 26.0 Å². The molecule has 2 atom stereocenters. The van der Waals surface area contributed by atoms with Crippen LogP contribution in [0.2, 0.25) is 0 Å². The van der Waals surface area contributed by atoms with Gasteiger partial charge in [0.2, 0.25) is 0 Å². The molecule has 0 aliphatic heterocycles. The Morgan fingerprint density at radius 2 is 1.38 bits per heavy atom. The number of hydrogen-bond donors (Lipinski definition) is 1. The fourth-order valence-electron chi connectivity index (χ4n) is 4.01. The maximum Gasteiger partial charge on any atom is 0.00955 e. The van der Waals surface area contributed by atoms with Gasteiger partial charge < -0.3 is 5.73 Å². The van der Waals surface area contributed by atoms with Crippen molar-refractivity contribution >= 4 is 0 Å². The molecule has 0 aromatic heterocycles. The molecule has 2 aliphatic carbocycles. The molecule has 2 saturated carbocycles. The van der Waals surface area contributed by atoms with Crippen LogP contribution in [0, 0.1) is 11.3 Å². The monoisotopic (exact) mass is 223 g/mol. The zero-order valence-corrected chi connectivity index (χ0v) is 11.0. The van der Waals surface area contributed by atoms with E-state index in [4.69, 9.17) is 5.73 Å². The summed E-state index contributed by atoms with van der Waals surface area (Å²) < 4.78 is 0. The predicted molar refractivity (Wildman–Crippen MR) is 70.4 cm³/mol. The highest BCUT2D eigenvalue weighted by atomic mass is 14.7. The van der Waals surface area contributed by atoms with Gasteiger partial charge in [0.05, 0.1) is 0 Å². The quantitative estimate of drug-likeness (QED) is 0.661. The Morgan fingerprint density at radius 3 is 2.06 bits per heavy atom. The first-order chi connectivity index (χ1) is 7.73. The van der Waals surface area contributed by atoms with Gasteiger partial charge in [0.15, 0.2) is 0 Å². The molecule has 0 amide bonds.